The number of alkyl halides is 7. The minimum absolute atomic E-state index is 0.0273. The highest BCUT2D eigenvalue weighted by molar-refractivity contribution is 5.03. The highest BCUT2D eigenvalue weighted by Gasteiger charge is 2.76. The van der Waals surface area contributed by atoms with Crippen LogP contribution in [-0.2, 0) is 0 Å². The van der Waals surface area contributed by atoms with Gasteiger partial charge in [0.1, 0.15) is 0 Å². The molecule has 0 heterocycles. The van der Waals surface area contributed by atoms with Crippen LogP contribution in [-0.4, -0.2) is 29.2 Å². The Morgan fingerprint density at radius 1 is 0.889 bits per heavy atom. The number of hydrogen-bond acceptors (Lipinski definition) is 1. The first-order chi connectivity index (χ1) is 7.91. The van der Waals surface area contributed by atoms with Gasteiger partial charge in [0, 0.05) is 5.92 Å². The zero-order valence-electron chi connectivity index (χ0n) is 9.45. The predicted molar refractivity (Wildman–Crippen MR) is 48.5 cm³/mol. The van der Waals surface area contributed by atoms with E-state index in [9.17, 15) is 35.8 Å². The van der Waals surface area contributed by atoms with Gasteiger partial charge in [-0.1, -0.05) is 13.3 Å². The molecule has 1 nitrogen and oxygen atoms in total. The molecule has 0 aromatic heterocycles. The van der Waals surface area contributed by atoms with Crippen molar-refractivity contribution in [3.63, 3.8) is 0 Å². The Hall–Kier alpha value is -0.530. The summed E-state index contributed by atoms with van der Waals surface area (Å²) in [6, 6.07) is 0. The second-order valence-electron chi connectivity index (χ2n) is 4.80. The molecule has 1 N–H and O–H groups in total. The van der Waals surface area contributed by atoms with Crippen LogP contribution in [0.4, 0.5) is 30.7 Å². The SMILES string of the molecule is CC1CCC(C(F)(C(F)(F)F)C(F)(F)F)C(O)C1. The highest BCUT2D eigenvalue weighted by atomic mass is 19.4. The Bertz CT molecular complexity index is 282. The molecule has 1 aliphatic carbocycles. The van der Waals surface area contributed by atoms with E-state index in [4.69, 9.17) is 0 Å². The number of aliphatic hydroxyl groups is 1. The smallest absolute Gasteiger partial charge is 0.393 e. The summed E-state index contributed by atoms with van der Waals surface area (Å²) in [5.74, 6) is -2.71. The van der Waals surface area contributed by atoms with Crippen LogP contribution in [0.5, 0.6) is 0 Å². The van der Waals surface area contributed by atoms with Gasteiger partial charge in [0.15, 0.2) is 0 Å². The molecule has 108 valence electrons. The molecule has 0 aromatic carbocycles. The van der Waals surface area contributed by atoms with Gasteiger partial charge in [0.2, 0.25) is 0 Å². The van der Waals surface area contributed by atoms with E-state index in [0.29, 0.717) is 0 Å². The summed E-state index contributed by atoms with van der Waals surface area (Å²) in [6.45, 7) is 1.58. The number of halogens is 7. The molecule has 1 aliphatic rings. The lowest BCUT2D eigenvalue weighted by atomic mass is 9.72. The average Bonchev–Trinajstić information content (AvgIpc) is 2.12. The summed E-state index contributed by atoms with van der Waals surface area (Å²) in [5, 5.41) is 9.36. The second kappa shape index (κ2) is 4.54. The predicted octanol–water partition coefficient (Wildman–Crippen LogP) is 3.62. The number of rotatable bonds is 1. The lowest BCUT2D eigenvalue weighted by molar-refractivity contribution is -0.367. The van der Waals surface area contributed by atoms with Crippen molar-refractivity contribution in [3.05, 3.63) is 0 Å². The summed E-state index contributed by atoms with van der Waals surface area (Å²) in [6.07, 6.45) is -15.0. The largest absolute Gasteiger partial charge is 0.431 e. The van der Waals surface area contributed by atoms with Crippen LogP contribution in [0.3, 0.4) is 0 Å². The first-order valence-corrected chi connectivity index (χ1v) is 5.41. The molecule has 0 radical (unpaired) electrons. The van der Waals surface area contributed by atoms with Gasteiger partial charge in [-0.2, -0.15) is 26.3 Å². The van der Waals surface area contributed by atoms with Gasteiger partial charge in [-0.15, -0.1) is 0 Å². The maximum Gasteiger partial charge on any atom is 0.431 e. The summed E-state index contributed by atoms with van der Waals surface area (Å²) in [7, 11) is 0. The molecule has 8 heteroatoms. The minimum atomic E-state index is -6.09. The molecule has 3 unspecified atom stereocenters. The van der Waals surface area contributed by atoms with Crippen LogP contribution in [0.2, 0.25) is 0 Å². The van der Waals surface area contributed by atoms with Gasteiger partial charge >= 0.3 is 18.0 Å². The normalized spacial score (nSPS) is 31.5. The molecule has 1 saturated carbocycles. The minimum Gasteiger partial charge on any atom is -0.393 e. The maximum absolute atomic E-state index is 13.7. The van der Waals surface area contributed by atoms with Crippen molar-refractivity contribution >= 4 is 0 Å². The van der Waals surface area contributed by atoms with Gasteiger partial charge < -0.3 is 5.11 Å². The van der Waals surface area contributed by atoms with Crippen molar-refractivity contribution < 1.29 is 35.8 Å². The maximum atomic E-state index is 13.7. The molecule has 3 atom stereocenters. The van der Waals surface area contributed by atoms with Crippen LogP contribution < -0.4 is 0 Å². The average molecular weight is 282 g/mol. The van der Waals surface area contributed by atoms with Crippen molar-refractivity contribution in [1.82, 2.24) is 0 Å². The third-order valence-corrected chi connectivity index (χ3v) is 3.41. The fourth-order valence-corrected chi connectivity index (χ4v) is 2.40. The standard InChI is InChI=1S/C10H13F7O/c1-5-2-3-6(7(18)4-5)8(11,9(12,13)14)10(15,16)17/h5-7,18H,2-4H2,1H3. The van der Waals surface area contributed by atoms with Crippen LogP contribution in [0.15, 0.2) is 0 Å². The van der Waals surface area contributed by atoms with E-state index in [-0.39, 0.29) is 18.8 Å². The highest BCUT2D eigenvalue weighted by Crippen LogP contribution is 2.54. The monoisotopic (exact) mass is 282 g/mol. The van der Waals surface area contributed by atoms with Gasteiger partial charge in [-0.25, -0.2) is 4.39 Å². The van der Waals surface area contributed by atoms with E-state index in [1.165, 1.54) is 0 Å². The van der Waals surface area contributed by atoms with E-state index in [0.717, 1.165) is 0 Å². The van der Waals surface area contributed by atoms with Crippen LogP contribution in [0.25, 0.3) is 0 Å². The van der Waals surface area contributed by atoms with Crippen LogP contribution in [0.1, 0.15) is 26.2 Å². The fraction of sp³-hybridized carbons (Fsp3) is 1.00. The summed E-state index contributed by atoms with van der Waals surface area (Å²) < 4.78 is 88.4. The fourth-order valence-electron chi connectivity index (χ4n) is 2.40. The van der Waals surface area contributed by atoms with Crippen molar-refractivity contribution in [1.29, 1.82) is 0 Å². The summed E-state index contributed by atoms with van der Waals surface area (Å²) in [4.78, 5) is 0. The van der Waals surface area contributed by atoms with Gasteiger partial charge in [-0.3, -0.25) is 0 Å². The lowest BCUT2D eigenvalue weighted by Gasteiger charge is -2.42. The Balaban J connectivity index is 3.13. The van der Waals surface area contributed by atoms with E-state index in [1.807, 2.05) is 0 Å². The number of aliphatic hydroxyl groups excluding tert-OH is 1. The van der Waals surface area contributed by atoms with E-state index >= 15 is 0 Å². The van der Waals surface area contributed by atoms with Crippen molar-refractivity contribution in [2.24, 2.45) is 11.8 Å². The molecular weight excluding hydrogens is 269 g/mol. The first-order valence-electron chi connectivity index (χ1n) is 5.41. The lowest BCUT2D eigenvalue weighted by Crippen LogP contribution is -2.61. The van der Waals surface area contributed by atoms with Crippen molar-refractivity contribution in [2.75, 3.05) is 0 Å². The molecule has 18 heavy (non-hydrogen) atoms. The van der Waals surface area contributed by atoms with Gasteiger partial charge in [0.25, 0.3) is 0 Å². The topological polar surface area (TPSA) is 20.2 Å². The third kappa shape index (κ3) is 2.44. The molecule has 1 fully saturated rings. The van der Waals surface area contributed by atoms with Crippen LogP contribution >= 0.6 is 0 Å². The number of hydrogen-bond donors (Lipinski definition) is 1. The van der Waals surface area contributed by atoms with Crippen molar-refractivity contribution in [2.45, 2.75) is 50.3 Å². The second-order valence-corrected chi connectivity index (χ2v) is 4.80. The zero-order valence-corrected chi connectivity index (χ0v) is 9.45. The molecule has 0 bridgehead atoms. The Kier molecular flexibility index (Phi) is 3.92. The van der Waals surface area contributed by atoms with Crippen molar-refractivity contribution in [3.8, 4) is 0 Å². The third-order valence-electron chi connectivity index (χ3n) is 3.41. The molecule has 0 amide bonds. The molecule has 0 saturated heterocycles. The van der Waals surface area contributed by atoms with E-state index in [2.05, 4.69) is 0 Å². The zero-order chi connectivity index (χ0) is 14.4. The summed E-state index contributed by atoms with van der Waals surface area (Å²) in [5.41, 5.74) is -5.35. The molecule has 0 spiro atoms. The van der Waals surface area contributed by atoms with E-state index < -0.39 is 36.5 Å². The Morgan fingerprint density at radius 2 is 1.33 bits per heavy atom. The molecular formula is C10H13F7O. The van der Waals surface area contributed by atoms with Gasteiger partial charge in [-0.05, 0) is 18.8 Å². The van der Waals surface area contributed by atoms with Crippen LogP contribution in [0, 0.1) is 11.8 Å². The molecule has 1 rings (SSSR count). The Morgan fingerprint density at radius 3 is 1.67 bits per heavy atom. The molecule has 0 aliphatic heterocycles. The summed E-state index contributed by atoms with van der Waals surface area (Å²) >= 11 is 0. The van der Waals surface area contributed by atoms with Gasteiger partial charge in [0.05, 0.1) is 6.10 Å². The van der Waals surface area contributed by atoms with E-state index in [1.54, 1.807) is 6.92 Å². The first kappa shape index (κ1) is 15.5. The Labute approximate surface area is 99.0 Å². The molecule has 0 aromatic rings. The quantitative estimate of drug-likeness (QED) is 0.728.